The van der Waals surface area contributed by atoms with Crippen molar-refractivity contribution < 1.29 is 14.8 Å². The summed E-state index contributed by atoms with van der Waals surface area (Å²) in [6, 6.07) is 4.97. The van der Waals surface area contributed by atoms with Gasteiger partial charge in [0.05, 0.1) is 30.8 Å². The molecular formula is C13H19N3O4. The number of anilines is 1. The number of rotatable bonds is 5. The lowest BCUT2D eigenvalue weighted by atomic mass is 10.1. The number of nitrogens with zero attached hydrogens (tertiary/aromatic N) is 2. The monoisotopic (exact) mass is 281 g/mol. The minimum absolute atomic E-state index is 0.0177. The number of hydrogen-bond donors (Lipinski definition) is 2. The second-order valence-electron chi connectivity index (χ2n) is 4.70. The third-order valence-corrected chi connectivity index (χ3v) is 3.51. The Labute approximate surface area is 117 Å². The predicted octanol–water partition coefficient (Wildman–Crippen LogP) is 0.830. The fraction of sp³-hybridized carbons (Fsp3) is 0.538. The summed E-state index contributed by atoms with van der Waals surface area (Å²) in [5.74, 6) is 0. The van der Waals surface area contributed by atoms with Gasteiger partial charge in [0.15, 0.2) is 0 Å². The lowest BCUT2D eigenvalue weighted by Crippen LogP contribution is -2.46. The Morgan fingerprint density at radius 2 is 2.40 bits per heavy atom. The highest BCUT2D eigenvalue weighted by Gasteiger charge is 2.24. The Bertz CT molecular complexity index is 481. The van der Waals surface area contributed by atoms with Crippen LogP contribution in [0.3, 0.4) is 0 Å². The second kappa shape index (κ2) is 6.65. The summed E-state index contributed by atoms with van der Waals surface area (Å²) >= 11 is 0. The van der Waals surface area contributed by atoms with Gasteiger partial charge in [0.1, 0.15) is 5.69 Å². The zero-order valence-electron chi connectivity index (χ0n) is 11.4. The molecule has 1 saturated heterocycles. The number of aliphatic hydroxyl groups is 1. The first-order valence-corrected chi connectivity index (χ1v) is 6.54. The van der Waals surface area contributed by atoms with Gasteiger partial charge in [0.25, 0.3) is 5.69 Å². The highest BCUT2D eigenvalue weighted by Crippen LogP contribution is 2.29. The lowest BCUT2D eigenvalue weighted by molar-refractivity contribution is -0.384. The van der Waals surface area contributed by atoms with Gasteiger partial charge in [-0.1, -0.05) is 12.1 Å². The summed E-state index contributed by atoms with van der Waals surface area (Å²) in [6.07, 6.45) is 0. The molecule has 0 spiro atoms. The zero-order valence-corrected chi connectivity index (χ0v) is 11.4. The molecule has 0 aliphatic carbocycles. The summed E-state index contributed by atoms with van der Waals surface area (Å²) in [6.45, 7) is 2.37. The van der Waals surface area contributed by atoms with Crippen molar-refractivity contribution in [2.45, 2.75) is 12.6 Å². The fourth-order valence-corrected chi connectivity index (χ4v) is 2.44. The lowest BCUT2D eigenvalue weighted by Gasteiger charge is -2.34. The van der Waals surface area contributed by atoms with Gasteiger partial charge in [0.2, 0.25) is 0 Å². The van der Waals surface area contributed by atoms with Crippen LogP contribution in [0, 0.1) is 10.1 Å². The van der Waals surface area contributed by atoms with Gasteiger partial charge in [-0.25, -0.2) is 0 Å². The summed E-state index contributed by atoms with van der Waals surface area (Å²) in [7, 11) is 1.68. The van der Waals surface area contributed by atoms with Crippen LogP contribution in [-0.4, -0.2) is 54.4 Å². The number of benzene rings is 1. The average Bonchev–Trinajstić information content (AvgIpc) is 2.47. The highest BCUT2D eigenvalue weighted by atomic mass is 16.6. The molecule has 2 rings (SSSR count). The van der Waals surface area contributed by atoms with Crippen LogP contribution in [0.2, 0.25) is 0 Å². The molecule has 1 fully saturated rings. The highest BCUT2D eigenvalue weighted by molar-refractivity contribution is 5.66. The first kappa shape index (κ1) is 14.7. The third-order valence-electron chi connectivity index (χ3n) is 3.51. The molecular weight excluding hydrogens is 262 g/mol. The molecule has 7 nitrogen and oxygen atoms in total. The number of nitro groups is 1. The number of morpholine rings is 1. The zero-order chi connectivity index (χ0) is 14.5. The molecule has 1 aromatic rings. The standard InChI is InChI=1S/C13H19N3O4/c1-14-13-10(3-2-4-12(13)16(18)19)7-15-5-6-20-9-11(15)8-17/h2-4,11,14,17H,5-9H2,1H3. The summed E-state index contributed by atoms with van der Waals surface area (Å²) in [4.78, 5) is 12.7. The molecule has 0 bridgehead atoms. The quantitative estimate of drug-likeness (QED) is 0.614. The third kappa shape index (κ3) is 3.06. The molecule has 1 atom stereocenters. The first-order valence-electron chi connectivity index (χ1n) is 6.54. The largest absolute Gasteiger partial charge is 0.395 e. The van der Waals surface area contributed by atoms with E-state index in [4.69, 9.17) is 4.74 Å². The van der Waals surface area contributed by atoms with Gasteiger partial charge < -0.3 is 15.2 Å². The van der Waals surface area contributed by atoms with E-state index < -0.39 is 4.92 Å². The van der Waals surface area contributed by atoms with Gasteiger partial charge in [-0.3, -0.25) is 15.0 Å². The normalized spacial score (nSPS) is 19.8. The minimum Gasteiger partial charge on any atom is -0.395 e. The summed E-state index contributed by atoms with van der Waals surface area (Å²) in [5, 5.41) is 23.3. The Morgan fingerprint density at radius 1 is 1.60 bits per heavy atom. The predicted molar refractivity (Wildman–Crippen MR) is 74.7 cm³/mol. The van der Waals surface area contributed by atoms with E-state index in [0.717, 1.165) is 5.56 Å². The van der Waals surface area contributed by atoms with Crippen LogP contribution in [0.4, 0.5) is 11.4 Å². The Morgan fingerprint density at radius 3 is 3.05 bits per heavy atom. The van der Waals surface area contributed by atoms with E-state index in [0.29, 0.717) is 32.0 Å². The molecule has 1 aromatic carbocycles. The number of nitro benzene ring substituents is 1. The molecule has 1 aliphatic heterocycles. The maximum atomic E-state index is 11.0. The van der Waals surface area contributed by atoms with Gasteiger partial charge in [0, 0.05) is 26.2 Å². The summed E-state index contributed by atoms with van der Waals surface area (Å²) in [5.41, 5.74) is 1.45. The maximum Gasteiger partial charge on any atom is 0.292 e. The van der Waals surface area contributed by atoms with Gasteiger partial charge in [-0.15, -0.1) is 0 Å². The average molecular weight is 281 g/mol. The molecule has 7 heteroatoms. The van der Waals surface area contributed by atoms with Crippen molar-refractivity contribution in [3.8, 4) is 0 Å². The van der Waals surface area contributed by atoms with Crippen molar-refractivity contribution in [3.63, 3.8) is 0 Å². The van der Waals surface area contributed by atoms with Crippen LogP contribution < -0.4 is 5.32 Å². The molecule has 1 unspecified atom stereocenters. The fourth-order valence-electron chi connectivity index (χ4n) is 2.44. The maximum absolute atomic E-state index is 11.0. The van der Waals surface area contributed by atoms with Gasteiger partial charge in [-0.05, 0) is 5.56 Å². The molecule has 0 radical (unpaired) electrons. The minimum atomic E-state index is -0.391. The van der Waals surface area contributed by atoms with Crippen LogP contribution >= 0.6 is 0 Å². The number of para-hydroxylation sites is 1. The molecule has 0 amide bonds. The molecule has 2 N–H and O–H groups in total. The summed E-state index contributed by atoms with van der Waals surface area (Å²) < 4.78 is 5.33. The van der Waals surface area contributed by atoms with E-state index in [-0.39, 0.29) is 18.3 Å². The molecule has 1 heterocycles. The van der Waals surface area contributed by atoms with E-state index in [1.165, 1.54) is 6.07 Å². The number of aliphatic hydroxyl groups excluding tert-OH is 1. The van der Waals surface area contributed by atoms with Crippen molar-refractivity contribution in [1.82, 2.24) is 4.90 Å². The van der Waals surface area contributed by atoms with Crippen molar-refractivity contribution in [2.24, 2.45) is 0 Å². The Hall–Kier alpha value is -1.70. The Kier molecular flexibility index (Phi) is 4.89. The van der Waals surface area contributed by atoms with Gasteiger partial charge in [-0.2, -0.15) is 0 Å². The molecule has 0 aromatic heterocycles. The van der Waals surface area contributed by atoms with Crippen LogP contribution in [0.1, 0.15) is 5.56 Å². The van der Waals surface area contributed by atoms with Crippen LogP contribution in [-0.2, 0) is 11.3 Å². The number of hydrogen-bond acceptors (Lipinski definition) is 6. The van der Waals surface area contributed by atoms with Crippen molar-refractivity contribution in [1.29, 1.82) is 0 Å². The number of ether oxygens (including phenoxy) is 1. The molecule has 0 saturated carbocycles. The van der Waals surface area contributed by atoms with E-state index in [2.05, 4.69) is 10.2 Å². The molecule has 110 valence electrons. The van der Waals surface area contributed by atoms with Gasteiger partial charge >= 0.3 is 0 Å². The number of nitrogens with one attached hydrogen (secondary N) is 1. The van der Waals surface area contributed by atoms with Crippen LogP contribution in [0.25, 0.3) is 0 Å². The van der Waals surface area contributed by atoms with E-state index >= 15 is 0 Å². The van der Waals surface area contributed by atoms with Crippen molar-refractivity contribution >= 4 is 11.4 Å². The van der Waals surface area contributed by atoms with E-state index in [1.807, 2.05) is 6.07 Å². The smallest absolute Gasteiger partial charge is 0.292 e. The van der Waals surface area contributed by atoms with E-state index in [1.54, 1.807) is 13.1 Å². The van der Waals surface area contributed by atoms with Crippen molar-refractivity contribution in [3.05, 3.63) is 33.9 Å². The molecule has 1 aliphatic rings. The topological polar surface area (TPSA) is 87.9 Å². The SMILES string of the molecule is CNc1c(CN2CCOCC2CO)cccc1[N+](=O)[O-]. The first-order chi connectivity index (χ1) is 9.67. The van der Waals surface area contributed by atoms with Crippen molar-refractivity contribution in [2.75, 3.05) is 38.7 Å². The van der Waals surface area contributed by atoms with Crippen LogP contribution in [0.5, 0.6) is 0 Å². The van der Waals surface area contributed by atoms with E-state index in [9.17, 15) is 15.2 Å². The molecule has 20 heavy (non-hydrogen) atoms. The van der Waals surface area contributed by atoms with Crippen LogP contribution in [0.15, 0.2) is 18.2 Å². The second-order valence-corrected chi connectivity index (χ2v) is 4.70. The Balaban J connectivity index is 2.24.